The molecule has 0 fully saturated rings. The Hall–Kier alpha value is -2.49. The smallest absolute Gasteiger partial charge is 0.342 e. The number of aromatic nitrogens is 3. The Balaban J connectivity index is 1.97. The second kappa shape index (κ2) is 10.9. The van der Waals surface area contributed by atoms with Crippen LogP contribution in [0.5, 0.6) is 11.5 Å². The topological polar surface area (TPSA) is 86.5 Å². The number of ether oxygens (including phenoxy) is 2. The number of hydrogen-bond acceptors (Lipinski definition) is 6. The molecular weight excluding hydrogens is 518 g/mol. The first-order chi connectivity index (χ1) is 15.4. The van der Waals surface area contributed by atoms with Crippen LogP contribution in [0, 0.1) is 0 Å². The molecule has 10 heteroatoms. The first kappa shape index (κ1) is 24.2. The summed E-state index contributed by atoms with van der Waals surface area (Å²) >= 11 is 10.5. The first-order valence-corrected chi connectivity index (χ1v) is 11.7. The largest absolute Gasteiger partial charge is 0.493 e. The molecule has 32 heavy (non-hydrogen) atoms. The standard InChI is InChI=1S/C22H21BrClN3O4S/c1-4-27-20(14-6-8-15(24)9-7-14)25-26-22(27)32-18(21(28)29)12-13-10-16(23)19(31-5-2)17(11-13)30-3/h6-12H,4-5H2,1-3H3,(H,28,29)/b18-12-. The third-order valence-electron chi connectivity index (χ3n) is 4.39. The highest BCUT2D eigenvalue weighted by Crippen LogP contribution is 2.38. The van der Waals surface area contributed by atoms with Crippen LogP contribution >= 0.6 is 39.3 Å². The maximum Gasteiger partial charge on any atom is 0.342 e. The lowest BCUT2D eigenvalue weighted by Crippen LogP contribution is -2.03. The Morgan fingerprint density at radius 3 is 2.56 bits per heavy atom. The van der Waals surface area contributed by atoms with E-state index in [0.717, 1.165) is 17.3 Å². The van der Waals surface area contributed by atoms with Crippen LogP contribution in [-0.2, 0) is 11.3 Å². The van der Waals surface area contributed by atoms with Gasteiger partial charge in [0.15, 0.2) is 22.5 Å². The maximum absolute atomic E-state index is 12.0. The number of halogens is 2. The van der Waals surface area contributed by atoms with Crippen LogP contribution < -0.4 is 9.47 Å². The minimum absolute atomic E-state index is 0.0906. The fraction of sp³-hybridized carbons (Fsp3) is 0.227. The van der Waals surface area contributed by atoms with Gasteiger partial charge in [0.2, 0.25) is 0 Å². The van der Waals surface area contributed by atoms with Gasteiger partial charge >= 0.3 is 5.97 Å². The molecule has 0 saturated heterocycles. The lowest BCUT2D eigenvalue weighted by Gasteiger charge is -2.12. The van der Waals surface area contributed by atoms with E-state index >= 15 is 0 Å². The van der Waals surface area contributed by atoms with Gasteiger partial charge in [-0.1, -0.05) is 11.6 Å². The van der Waals surface area contributed by atoms with Gasteiger partial charge in [0.25, 0.3) is 0 Å². The number of aliphatic carboxylic acids is 1. The molecule has 1 aromatic heterocycles. The molecule has 7 nitrogen and oxygen atoms in total. The van der Waals surface area contributed by atoms with Gasteiger partial charge in [0, 0.05) is 17.1 Å². The number of carboxylic acids is 1. The van der Waals surface area contributed by atoms with E-state index in [1.165, 1.54) is 7.11 Å². The predicted octanol–water partition coefficient (Wildman–Crippen LogP) is 6.01. The summed E-state index contributed by atoms with van der Waals surface area (Å²) in [5.74, 6) is 0.638. The minimum Gasteiger partial charge on any atom is -0.493 e. The summed E-state index contributed by atoms with van der Waals surface area (Å²) in [7, 11) is 1.53. The van der Waals surface area contributed by atoms with E-state index in [0.29, 0.717) is 50.7 Å². The molecule has 0 spiro atoms. The van der Waals surface area contributed by atoms with Gasteiger partial charge in [-0.2, -0.15) is 0 Å². The average Bonchev–Trinajstić information content (AvgIpc) is 3.17. The molecule has 0 aliphatic heterocycles. The Labute approximate surface area is 203 Å². The molecule has 0 aliphatic carbocycles. The monoisotopic (exact) mass is 537 g/mol. The van der Waals surface area contributed by atoms with Gasteiger partial charge in [-0.05, 0) is 89.6 Å². The lowest BCUT2D eigenvalue weighted by atomic mass is 10.2. The molecule has 168 valence electrons. The van der Waals surface area contributed by atoms with Crippen LogP contribution in [0.2, 0.25) is 5.02 Å². The number of carbonyl (C=O) groups is 1. The van der Waals surface area contributed by atoms with Crippen molar-refractivity contribution in [1.29, 1.82) is 0 Å². The summed E-state index contributed by atoms with van der Waals surface area (Å²) in [6.45, 7) is 4.87. The van der Waals surface area contributed by atoms with Crippen molar-refractivity contribution in [3.8, 4) is 22.9 Å². The van der Waals surface area contributed by atoms with Crippen LogP contribution in [0.25, 0.3) is 17.5 Å². The molecule has 0 unspecified atom stereocenters. The van der Waals surface area contributed by atoms with Gasteiger partial charge in [-0.3, -0.25) is 0 Å². The molecule has 3 aromatic rings. The third-order valence-corrected chi connectivity index (χ3v) is 6.22. The maximum atomic E-state index is 12.0. The molecule has 2 aromatic carbocycles. The highest BCUT2D eigenvalue weighted by atomic mass is 79.9. The summed E-state index contributed by atoms with van der Waals surface area (Å²) in [4.78, 5) is 12.1. The molecular formula is C22H21BrClN3O4S. The van der Waals surface area contributed by atoms with Crippen LogP contribution in [0.4, 0.5) is 0 Å². The van der Waals surface area contributed by atoms with E-state index in [1.54, 1.807) is 30.3 Å². The van der Waals surface area contributed by atoms with Crippen molar-refractivity contribution >= 4 is 51.3 Å². The van der Waals surface area contributed by atoms with Crippen LogP contribution in [0.15, 0.2) is 50.9 Å². The molecule has 0 aliphatic rings. The van der Waals surface area contributed by atoms with E-state index in [4.69, 9.17) is 21.1 Å². The fourth-order valence-electron chi connectivity index (χ4n) is 2.95. The Morgan fingerprint density at radius 1 is 1.25 bits per heavy atom. The molecule has 0 radical (unpaired) electrons. The zero-order valence-corrected chi connectivity index (χ0v) is 20.8. The minimum atomic E-state index is -1.07. The van der Waals surface area contributed by atoms with E-state index in [1.807, 2.05) is 30.5 Å². The molecule has 0 atom stereocenters. The average molecular weight is 539 g/mol. The van der Waals surface area contributed by atoms with Gasteiger partial charge in [-0.15, -0.1) is 10.2 Å². The lowest BCUT2D eigenvalue weighted by molar-refractivity contribution is -0.131. The van der Waals surface area contributed by atoms with Crippen molar-refractivity contribution < 1.29 is 19.4 Å². The summed E-state index contributed by atoms with van der Waals surface area (Å²) in [5.41, 5.74) is 1.49. The van der Waals surface area contributed by atoms with Crippen molar-refractivity contribution in [3.63, 3.8) is 0 Å². The highest BCUT2D eigenvalue weighted by molar-refractivity contribution is 9.10. The molecule has 0 amide bonds. The molecule has 1 heterocycles. The third kappa shape index (κ3) is 5.46. The zero-order valence-electron chi connectivity index (χ0n) is 17.6. The Bertz CT molecular complexity index is 1150. The predicted molar refractivity (Wildman–Crippen MR) is 129 cm³/mol. The second-order valence-electron chi connectivity index (χ2n) is 6.44. The van der Waals surface area contributed by atoms with Crippen molar-refractivity contribution in [2.75, 3.05) is 13.7 Å². The summed E-state index contributed by atoms with van der Waals surface area (Å²) < 4.78 is 13.5. The van der Waals surface area contributed by atoms with Gasteiger partial charge in [0.1, 0.15) is 4.91 Å². The Morgan fingerprint density at radius 2 is 1.97 bits per heavy atom. The highest BCUT2D eigenvalue weighted by Gasteiger charge is 2.19. The number of carboxylic acid groups (broad SMARTS) is 1. The quantitative estimate of drug-likeness (QED) is 0.264. The SMILES string of the molecule is CCOc1c(Br)cc(/C=C(\Sc2nnc(-c3ccc(Cl)cc3)n2CC)C(=O)O)cc1OC. The van der Waals surface area contributed by atoms with Gasteiger partial charge < -0.3 is 19.1 Å². The van der Waals surface area contributed by atoms with E-state index in [-0.39, 0.29) is 4.91 Å². The summed E-state index contributed by atoms with van der Waals surface area (Å²) in [6, 6.07) is 10.8. The van der Waals surface area contributed by atoms with Crippen LogP contribution in [0.3, 0.4) is 0 Å². The number of benzene rings is 2. The molecule has 0 saturated carbocycles. The van der Waals surface area contributed by atoms with E-state index in [9.17, 15) is 9.90 Å². The van der Waals surface area contributed by atoms with E-state index in [2.05, 4.69) is 26.1 Å². The normalized spacial score (nSPS) is 11.5. The first-order valence-electron chi connectivity index (χ1n) is 9.70. The van der Waals surface area contributed by atoms with Crippen molar-refractivity contribution in [3.05, 3.63) is 56.4 Å². The van der Waals surface area contributed by atoms with Gasteiger partial charge in [0.05, 0.1) is 18.2 Å². The van der Waals surface area contributed by atoms with Gasteiger partial charge in [-0.25, -0.2) is 4.79 Å². The van der Waals surface area contributed by atoms with E-state index < -0.39 is 5.97 Å². The fourth-order valence-corrected chi connectivity index (χ4v) is 4.54. The molecule has 0 bridgehead atoms. The number of hydrogen-bond donors (Lipinski definition) is 1. The molecule has 1 N–H and O–H groups in total. The molecule has 3 rings (SSSR count). The number of thioether (sulfide) groups is 1. The second-order valence-corrected chi connectivity index (χ2v) is 8.74. The number of nitrogens with zero attached hydrogens (tertiary/aromatic N) is 3. The number of rotatable bonds is 9. The Kier molecular flexibility index (Phi) is 8.22. The van der Waals surface area contributed by atoms with Crippen molar-refractivity contribution in [1.82, 2.24) is 14.8 Å². The number of methoxy groups -OCH3 is 1. The van der Waals surface area contributed by atoms with Crippen LogP contribution in [-0.4, -0.2) is 39.6 Å². The zero-order chi connectivity index (χ0) is 23.3. The van der Waals surface area contributed by atoms with Crippen LogP contribution in [0.1, 0.15) is 19.4 Å². The van der Waals surface area contributed by atoms with Crippen molar-refractivity contribution in [2.24, 2.45) is 0 Å². The summed E-state index contributed by atoms with van der Waals surface area (Å²) in [6.07, 6.45) is 1.56. The summed E-state index contributed by atoms with van der Waals surface area (Å²) in [5, 5.41) is 19.4. The van der Waals surface area contributed by atoms with Crippen molar-refractivity contribution in [2.45, 2.75) is 25.5 Å².